The Bertz CT molecular complexity index is 1060. The number of carbonyl (C=O) groups excluding carboxylic acids is 1. The Morgan fingerprint density at radius 2 is 1.80 bits per heavy atom. The van der Waals surface area contributed by atoms with Crippen LogP contribution in [-0.4, -0.2) is 30.0 Å². The van der Waals surface area contributed by atoms with Crippen LogP contribution in [0.15, 0.2) is 48.7 Å². The van der Waals surface area contributed by atoms with Crippen molar-refractivity contribution in [3.05, 3.63) is 71.0 Å². The number of methoxy groups -OCH3 is 2. The minimum Gasteiger partial charge on any atom is -0.493 e. The number of rotatable bonds is 6. The molecule has 6 nitrogen and oxygen atoms in total. The van der Waals surface area contributed by atoms with Gasteiger partial charge in [0.25, 0.3) is 0 Å². The molecule has 154 valence electrons. The zero-order valence-corrected chi connectivity index (χ0v) is 17.4. The predicted octanol–water partition coefficient (Wildman–Crippen LogP) is 4.71. The summed E-state index contributed by atoms with van der Waals surface area (Å²) in [6, 6.07) is 14.0. The fraction of sp³-hybridized carbons (Fsp3) is 0.292. The molecule has 0 fully saturated rings. The summed E-state index contributed by atoms with van der Waals surface area (Å²) in [5.41, 5.74) is 4.61. The van der Waals surface area contributed by atoms with Crippen LogP contribution < -0.4 is 14.8 Å². The molecule has 6 heteroatoms. The number of anilines is 2. The zero-order chi connectivity index (χ0) is 21.1. The van der Waals surface area contributed by atoms with Crippen LogP contribution in [0.25, 0.3) is 0 Å². The van der Waals surface area contributed by atoms with Gasteiger partial charge in [-0.05, 0) is 54.2 Å². The maximum Gasteiger partial charge on any atom is 0.227 e. The number of fused-ring (bicyclic) bond motifs is 1. The lowest BCUT2D eigenvalue weighted by Gasteiger charge is -2.24. The van der Waals surface area contributed by atoms with Crippen molar-refractivity contribution >= 4 is 17.4 Å². The van der Waals surface area contributed by atoms with Gasteiger partial charge in [-0.15, -0.1) is 0 Å². The quantitative estimate of drug-likeness (QED) is 0.642. The Balaban J connectivity index is 1.58. The van der Waals surface area contributed by atoms with E-state index < -0.39 is 0 Å². The van der Waals surface area contributed by atoms with Crippen LogP contribution in [0.2, 0.25) is 0 Å². The Labute approximate surface area is 176 Å². The van der Waals surface area contributed by atoms with Crippen LogP contribution in [0.1, 0.15) is 46.4 Å². The Hall–Kier alpha value is -3.41. The van der Waals surface area contributed by atoms with E-state index in [1.54, 1.807) is 20.4 Å². The molecule has 0 amide bonds. The van der Waals surface area contributed by atoms with Gasteiger partial charge in [-0.2, -0.15) is 0 Å². The topological polar surface area (TPSA) is 73.3 Å². The predicted molar refractivity (Wildman–Crippen MR) is 116 cm³/mol. The fourth-order valence-corrected chi connectivity index (χ4v) is 3.80. The molecule has 4 rings (SSSR count). The zero-order valence-electron chi connectivity index (χ0n) is 17.4. The van der Waals surface area contributed by atoms with Gasteiger partial charge in [0.05, 0.1) is 25.5 Å². The summed E-state index contributed by atoms with van der Waals surface area (Å²) in [5, 5.41) is 3.24. The summed E-state index contributed by atoms with van der Waals surface area (Å²) < 4.78 is 10.7. The van der Waals surface area contributed by atoms with E-state index in [-0.39, 0.29) is 11.7 Å². The third-order valence-corrected chi connectivity index (χ3v) is 5.54. The van der Waals surface area contributed by atoms with E-state index >= 15 is 0 Å². The fourth-order valence-electron chi connectivity index (χ4n) is 3.80. The van der Waals surface area contributed by atoms with Crippen molar-refractivity contribution in [2.24, 2.45) is 0 Å². The summed E-state index contributed by atoms with van der Waals surface area (Å²) in [7, 11) is 3.22. The van der Waals surface area contributed by atoms with E-state index in [1.807, 2.05) is 30.3 Å². The van der Waals surface area contributed by atoms with Gasteiger partial charge < -0.3 is 14.8 Å². The number of hydrogen-bond acceptors (Lipinski definition) is 6. The first-order chi connectivity index (χ1) is 14.6. The van der Waals surface area contributed by atoms with Gasteiger partial charge in [-0.25, -0.2) is 9.97 Å². The van der Waals surface area contributed by atoms with E-state index in [0.29, 0.717) is 35.9 Å². The highest BCUT2D eigenvalue weighted by atomic mass is 16.5. The minimum atomic E-state index is 0.0383. The summed E-state index contributed by atoms with van der Waals surface area (Å²) in [4.78, 5) is 21.7. The minimum absolute atomic E-state index is 0.0383. The van der Waals surface area contributed by atoms with Crippen molar-refractivity contribution < 1.29 is 14.3 Å². The van der Waals surface area contributed by atoms with E-state index in [4.69, 9.17) is 9.47 Å². The normalized spacial score (nSPS) is 15.4. The highest BCUT2D eigenvalue weighted by Gasteiger charge is 2.28. The Kier molecular flexibility index (Phi) is 5.65. The summed E-state index contributed by atoms with van der Waals surface area (Å²) in [6.07, 6.45) is 3.73. The number of nitrogens with zero attached hydrogens (tertiary/aromatic N) is 2. The molecule has 0 unspecified atom stereocenters. The molecular weight excluding hydrogens is 378 g/mol. The molecule has 1 atom stereocenters. The van der Waals surface area contributed by atoms with Crippen molar-refractivity contribution in [2.75, 3.05) is 19.5 Å². The number of aromatic nitrogens is 2. The molecule has 0 spiro atoms. The molecule has 30 heavy (non-hydrogen) atoms. The second kappa shape index (κ2) is 8.53. The van der Waals surface area contributed by atoms with Gasteiger partial charge in [0.15, 0.2) is 17.3 Å². The number of nitrogens with one attached hydrogen (secondary N) is 1. The first-order valence-corrected chi connectivity index (χ1v) is 10.1. The lowest BCUT2D eigenvalue weighted by molar-refractivity contribution is 0.0962. The van der Waals surface area contributed by atoms with Crippen LogP contribution >= 0.6 is 0 Å². The molecule has 0 aliphatic heterocycles. The standard InChI is InChI=1S/C24H25N3O3/c1-4-15-5-8-18(9-6-15)26-24-25-14-19-20(27-24)11-17(12-21(19)28)16-7-10-22(29-2)23(13-16)30-3/h5-10,13-14,17H,4,11-12H2,1-3H3,(H,25,26,27)/t17-/m1/s1. The second-order valence-corrected chi connectivity index (χ2v) is 7.37. The molecule has 0 saturated carbocycles. The maximum absolute atomic E-state index is 12.7. The monoisotopic (exact) mass is 403 g/mol. The number of carbonyl (C=O) groups is 1. The van der Waals surface area contributed by atoms with Crippen molar-refractivity contribution in [3.8, 4) is 11.5 Å². The molecule has 1 aromatic heterocycles. The molecule has 1 aliphatic carbocycles. The third-order valence-electron chi connectivity index (χ3n) is 5.54. The maximum atomic E-state index is 12.7. The number of hydrogen-bond donors (Lipinski definition) is 1. The molecule has 1 N–H and O–H groups in total. The van der Waals surface area contributed by atoms with E-state index in [1.165, 1.54) is 5.56 Å². The van der Waals surface area contributed by atoms with Crippen LogP contribution in [-0.2, 0) is 12.8 Å². The second-order valence-electron chi connectivity index (χ2n) is 7.37. The van der Waals surface area contributed by atoms with Gasteiger partial charge in [0, 0.05) is 18.3 Å². The van der Waals surface area contributed by atoms with Crippen LogP contribution in [0, 0.1) is 0 Å². The van der Waals surface area contributed by atoms with Crippen LogP contribution in [0.4, 0.5) is 11.6 Å². The third kappa shape index (κ3) is 3.99. The van der Waals surface area contributed by atoms with Gasteiger partial charge in [0.1, 0.15) is 0 Å². The van der Waals surface area contributed by atoms with E-state index in [2.05, 4.69) is 34.3 Å². The average molecular weight is 403 g/mol. The first kappa shape index (κ1) is 19.9. The molecular formula is C24H25N3O3. The molecule has 0 saturated heterocycles. The van der Waals surface area contributed by atoms with Gasteiger partial charge in [0.2, 0.25) is 5.95 Å². The van der Waals surface area contributed by atoms with Crippen molar-refractivity contribution in [1.29, 1.82) is 0 Å². The highest BCUT2D eigenvalue weighted by Crippen LogP contribution is 2.36. The van der Waals surface area contributed by atoms with Gasteiger partial charge >= 0.3 is 0 Å². The van der Waals surface area contributed by atoms with Crippen LogP contribution in [0.3, 0.4) is 0 Å². The molecule has 1 aliphatic rings. The number of benzene rings is 2. The largest absolute Gasteiger partial charge is 0.493 e. The van der Waals surface area contributed by atoms with Gasteiger partial charge in [-0.1, -0.05) is 25.1 Å². The number of ketones is 1. The molecule has 0 bridgehead atoms. The summed E-state index contributed by atoms with van der Waals surface area (Å²) in [5.74, 6) is 1.94. The average Bonchev–Trinajstić information content (AvgIpc) is 2.78. The number of ether oxygens (including phenoxy) is 2. The SMILES string of the molecule is CCc1ccc(Nc2ncc3c(n2)C[C@@H](c2ccc(OC)c(OC)c2)CC3=O)cc1. The highest BCUT2D eigenvalue weighted by molar-refractivity contribution is 5.98. The Morgan fingerprint density at radius 1 is 1.03 bits per heavy atom. The van der Waals surface area contributed by atoms with Crippen LogP contribution in [0.5, 0.6) is 11.5 Å². The van der Waals surface area contributed by atoms with Crippen molar-refractivity contribution in [1.82, 2.24) is 9.97 Å². The summed E-state index contributed by atoms with van der Waals surface area (Å²) in [6.45, 7) is 2.13. The Morgan fingerprint density at radius 3 is 2.50 bits per heavy atom. The molecule has 2 aromatic carbocycles. The molecule has 1 heterocycles. The lowest BCUT2D eigenvalue weighted by Crippen LogP contribution is -2.21. The smallest absolute Gasteiger partial charge is 0.227 e. The molecule has 0 radical (unpaired) electrons. The first-order valence-electron chi connectivity index (χ1n) is 10.1. The number of Topliss-reactive ketones (excluding diaryl/α,β-unsaturated/α-hetero) is 1. The lowest BCUT2D eigenvalue weighted by atomic mass is 9.82. The number of aryl methyl sites for hydroxylation is 1. The van der Waals surface area contributed by atoms with Gasteiger partial charge in [-0.3, -0.25) is 4.79 Å². The van der Waals surface area contributed by atoms with Crippen molar-refractivity contribution in [2.45, 2.75) is 32.1 Å². The van der Waals surface area contributed by atoms with E-state index in [9.17, 15) is 4.79 Å². The van der Waals surface area contributed by atoms with E-state index in [0.717, 1.165) is 23.4 Å². The summed E-state index contributed by atoms with van der Waals surface area (Å²) >= 11 is 0. The molecule has 3 aromatic rings. The van der Waals surface area contributed by atoms with Crippen molar-refractivity contribution in [3.63, 3.8) is 0 Å².